The summed E-state index contributed by atoms with van der Waals surface area (Å²) in [6, 6.07) is 4.75. The van der Waals surface area contributed by atoms with Crippen LogP contribution in [0.1, 0.15) is 25.1 Å². The topological polar surface area (TPSA) is 21.3 Å². The van der Waals surface area contributed by atoms with Crippen LogP contribution in [0.15, 0.2) is 17.5 Å². The van der Waals surface area contributed by atoms with Crippen LogP contribution in [0.3, 0.4) is 0 Å². The maximum Gasteiger partial charge on any atom is 0.0623 e. The first-order chi connectivity index (χ1) is 7.36. The van der Waals surface area contributed by atoms with Crippen LogP contribution in [0.25, 0.3) is 0 Å². The van der Waals surface area contributed by atoms with Crippen molar-refractivity contribution in [1.82, 2.24) is 5.32 Å². The lowest BCUT2D eigenvalue weighted by Crippen LogP contribution is -2.35. The molecule has 0 spiro atoms. The molecule has 1 unspecified atom stereocenters. The second kappa shape index (κ2) is 7.85. The van der Waals surface area contributed by atoms with Gasteiger partial charge in [-0.05, 0) is 30.8 Å². The highest BCUT2D eigenvalue weighted by molar-refractivity contribution is 7.09. The van der Waals surface area contributed by atoms with E-state index >= 15 is 0 Å². The molecule has 0 radical (unpaired) electrons. The number of nitrogens with one attached hydrogen (secondary N) is 1. The fourth-order valence-corrected chi connectivity index (χ4v) is 2.31. The van der Waals surface area contributed by atoms with Crippen molar-refractivity contribution in [2.75, 3.05) is 19.8 Å². The molecule has 1 aromatic rings. The Kier molecular flexibility index (Phi) is 6.64. The fourth-order valence-electron chi connectivity index (χ4n) is 1.52. The lowest BCUT2D eigenvalue weighted by molar-refractivity contribution is 0.112. The molecule has 0 bridgehead atoms. The first kappa shape index (κ1) is 12.7. The monoisotopic (exact) mass is 227 g/mol. The minimum absolute atomic E-state index is 0.459. The second-order valence-corrected chi connectivity index (χ2v) is 4.65. The summed E-state index contributed by atoms with van der Waals surface area (Å²) in [5.74, 6) is 0. The smallest absolute Gasteiger partial charge is 0.0623 e. The summed E-state index contributed by atoms with van der Waals surface area (Å²) in [5, 5.41) is 5.59. The van der Waals surface area contributed by atoms with Crippen LogP contribution in [-0.4, -0.2) is 25.8 Å². The van der Waals surface area contributed by atoms with Gasteiger partial charge in [0.15, 0.2) is 0 Å². The predicted octanol–water partition coefficient (Wildman–Crippen LogP) is 2.70. The van der Waals surface area contributed by atoms with Gasteiger partial charge in [-0.3, -0.25) is 0 Å². The Morgan fingerprint density at radius 3 is 2.93 bits per heavy atom. The van der Waals surface area contributed by atoms with Crippen molar-refractivity contribution in [3.8, 4) is 0 Å². The molecule has 1 heterocycles. The van der Waals surface area contributed by atoms with Gasteiger partial charge in [0.25, 0.3) is 0 Å². The molecule has 0 saturated heterocycles. The zero-order valence-corrected chi connectivity index (χ0v) is 10.5. The Balaban J connectivity index is 2.29. The zero-order valence-electron chi connectivity index (χ0n) is 9.66. The van der Waals surface area contributed by atoms with Crippen molar-refractivity contribution < 1.29 is 4.74 Å². The minimum Gasteiger partial charge on any atom is -0.380 e. The molecule has 0 fully saturated rings. The SMILES string of the molecule is CCCOCC(Cc1cccs1)NCC. The van der Waals surface area contributed by atoms with E-state index in [-0.39, 0.29) is 0 Å². The molecule has 1 aromatic heterocycles. The maximum absolute atomic E-state index is 5.59. The van der Waals surface area contributed by atoms with E-state index in [9.17, 15) is 0 Å². The van der Waals surface area contributed by atoms with Crippen LogP contribution in [0, 0.1) is 0 Å². The largest absolute Gasteiger partial charge is 0.380 e. The number of thiophene rings is 1. The standard InChI is InChI=1S/C12H21NOS/c1-3-7-14-10-11(13-4-2)9-12-6-5-8-15-12/h5-6,8,11,13H,3-4,7,9-10H2,1-2H3. The third-order valence-corrected chi connectivity index (χ3v) is 3.09. The Morgan fingerprint density at radius 2 is 2.33 bits per heavy atom. The molecule has 3 heteroatoms. The quantitative estimate of drug-likeness (QED) is 0.689. The second-order valence-electron chi connectivity index (χ2n) is 3.61. The summed E-state index contributed by atoms with van der Waals surface area (Å²) in [5.41, 5.74) is 0. The van der Waals surface area contributed by atoms with Gasteiger partial charge in [0.1, 0.15) is 0 Å². The highest BCUT2D eigenvalue weighted by Gasteiger charge is 2.08. The van der Waals surface area contributed by atoms with Gasteiger partial charge < -0.3 is 10.1 Å². The number of likely N-dealkylation sites (N-methyl/N-ethyl adjacent to an activating group) is 1. The van der Waals surface area contributed by atoms with Crippen molar-refractivity contribution in [3.63, 3.8) is 0 Å². The summed E-state index contributed by atoms with van der Waals surface area (Å²) in [6.45, 7) is 6.97. The van der Waals surface area contributed by atoms with Gasteiger partial charge in [0.2, 0.25) is 0 Å². The van der Waals surface area contributed by atoms with E-state index < -0.39 is 0 Å². The molecule has 86 valence electrons. The molecular weight excluding hydrogens is 206 g/mol. The number of hydrogen-bond acceptors (Lipinski definition) is 3. The normalized spacial score (nSPS) is 12.9. The lowest BCUT2D eigenvalue weighted by atomic mass is 10.2. The maximum atomic E-state index is 5.59. The van der Waals surface area contributed by atoms with Gasteiger partial charge in [-0.15, -0.1) is 11.3 Å². The van der Waals surface area contributed by atoms with E-state index in [0.717, 1.165) is 32.6 Å². The molecule has 2 nitrogen and oxygen atoms in total. The van der Waals surface area contributed by atoms with Crippen LogP contribution in [0.5, 0.6) is 0 Å². The number of hydrogen-bond donors (Lipinski definition) is 1. The van der Waals surface area contributed by atoms with E-state index in [0.29, 0.717) is 6.04 Å². The van der Waals surface area contributed by atoms with Gasteiger partial charge in [-0.1, -0.05) is 19.9 Å². The van der Waals surface area contributed by atoms with Gasteiger partial charge >= 0.3 is 0 Å². The first-order valence-corrected chi connectivity index (χ1v) is 6.58. The molecule has 0 saturated carbocycles. The van der Waals surface area contributed by atoms with Gasteiger partial charge in [0, 0.05) is 17.5 Å². The van der Waals surface area contributed by atoms with Gasteiger partial charge in [0.05, 0.1) is 6.61 Å². The molecule has 0 aliphatic heterocycles. The van der Waals surface area contributed by atoms with E-state index in [1.165, 1.54) is 4.88 Å². The van der Waals surface area contributed by atoms with Crippen molar-refractivity contribution in [1.29, 1.82) is 0 Å². The Bertz CT molecular complexity index is 236. The molecule has 0 aliphatic rings. The van der Waals surface area contributed by atoms with E-state index in [1.807, 2.05) is 11.3 Å². The highest BCUT2D eigenvalue weighted by atomic mass is 32.1. The van der Waals surface area contributed by atoms with Crippen LogP contribution in [0.4, 0.5) is 0 Å². The third kappa shape index (κ3) is 5.30. The lowest BCUT2D eigenvalue weighted by Gasteiger charge is -2.16. The van der Waals surface area contributed by atoms with E-state index in [2.05, 4.69) is 36.7 Å². The summed E-state index contributed by atoms with van der Waals surface area (Å²) in [6.07, 6.45) is 2.17. The van der Waals surface area contributed by atoms with Crippen molar-refractivity contribution in [2.45, 2.75) is 32.7 Å². The molecule has 15 heavy (non-hydrogen) atoms. The average molecular weight is 227 g/mol. The fraction of sp³-hybridized carbons (Fsp3) is 0.667. The molecule has 1 rings (SSSR count). The zero-order chi connectivity index (χ0) is 10.9. The van der Waals surface area contributed by atoms with Crippen LogP contribution in [-0.2, 0) is 11.2 Å². The average Bonchev–Trinajstić information content (AvgIpc) is 2.71. The predicted molar refractivity (Wildman–Crippen MR) is 66.6 cm³/mol. The summed E-state index contributed by atoms with van der Waals surface area (Å²) in [4.78, 5) is 1.43. The minimum atomic E-state index is 0.459. The van der Waals surface area contributed by atoms with Crippen molar-refractivity contribution >= 4 is 11.3 Å². The molecule has 1 N–H and O–H groups in total. The van der Waals surface area contributed by atoms with Crippen molar-refractivity contribution in [2.24, 2.45) is 0 Å². The molecule has 0 aromatic carbocycles. The van der Waals surface area contributed by atoms with Crippen LogP contribution >= 0.6 is 11.3 Å². The molecular formula is C12H21NOS. The number of rotatable bonds is 8. The van der Waals surface area contributed by atoms with Crippen molar-refractivity contribution in [3.05, 3.63) is 22.4 Å². The van der Waals surface area contributed by atoms with Gasteiger partial charge in [-0.2, -0.15) is 0 Å². The Morgan fingerprint density at radius 1 is 1.47 bits per heavy atom. The van der Waals surface area contributed by atoms with Crippen LogP contribution in [0.2, 0.25) is 0 Å². The summed E-state index contributed by atoms with van der Waals surface area (Å²) in [7, 11) is 0. The molecule has 0 aliphatic carbocycles. The van der Waals surface area contributed by atoms with Gasteiger partial charge in [-0.25, -0.2) is 0 Å². The third-order valence-electron chi connectivity index (χ3n) is 2.19. The molecule has 0 amide bonds. The summed E-state index contributed by atoms with van der Waals surface area (Å²) >= 11 is 1.82. The van der Waals surface area contributed by atoms with E-state index in [1.54, 1.807) is 0 Å². The molecule has 1 atom stereocenters. The number of ether oxygens (including phenoxy) is 1. The Hall–Kier alpha value is -0.380. The Labute approximate surface area is 96.7 Å². The first-order valence-electron chi connectivity index (χ1n) is 5.70. The highest BCUT2D eigenvalue weighted by Crippen LogP contribution is 2.11. The summed E-state index contributed by atoms with van der Waals surface area (Å²) < 4.78 is 5.59. The van der Waals surface area contributed by atoms with E-state index in [4.69, 9.17) is 4.74 Å². The van der Waals surface area contributed by atoms with Crippen LogP contribution < -0.4 is 5.32 Å².